The van der Waals surface area contributed by atoms with Crippen molar-refractivity contribution in [2.75, 3.05) is 13.1 Å². The number of nitrogens with zero attached hydrogens (tertiary/aromatic N) is 1. The van der Waals surface area contributed by atoms with Crippen LogP contribution in [0.1, 0.15) is 38.2 Å². The highest BCUT2D eigenvalue weighted by molar-refractivity contribution is 5.85. The van der Waals surface area contributed by atoms with Crippen molar-refractivity contribution in [3.05, 3.63) is 35.9 Å². The van der Waals surface area contributed by atoms with E-state index >= 15 is 0 Å². The molecule has 1 saturated heterocycles. The Balaban J connectivity index is 0.00000200. The van der Waals surface area contributed by atoms with Crippen molar-refractivity contribution >= 4 is 18.3 Å². The summed E-state index contributed by atoms with van der Waals surface area (Å²) in [5.41, 5.74) is 7.11. The van der Waals surface area contributed by atoms with Crippen molar-refractivity contribution in [1.82, 2.24) is 4.90 Å². The Morgan fingerprint density at radius 2 is 2.05 bits per heavy atom. The maximum atomic E-state index is 12.0. The zero-order valence-electron chi connectivity index (χ0n) is 12.3. The second-order valence-corrected chi connectivity index (χ2v) is 5.55. The average Bonchev–Trinajstić information content (AvgIpc) is 2.46. The van der Waals surface area contributed by atoms with Gasteiger partial charge in [-0.2, -0.15) is 0 Å². The molecule has 2 unspecified atom stereocenters. The monoisotopic (exact) mass is 296 g/mol. The van der Waals surface area contributed by atoms with E-state index in [0.717, 1.165) is 25.9 Å². The molecule has 1 heterocycles. The van der Waals surface area contributed by atoms with Crippen LogP contribution in [0.3, 0.4) is 0 Å². The summed E-state index contributed by atoms with van der Waals surface area (Å²) in [5.74, 6) is 1.20. The van der Waals surface area contributed by atoms with E-state index in [4.69, 9.17) is 5.73 Å². The van der Waals surface area contributed by atoms with Crippen LogP contribution in [0.2, 0.25) is 0 Å². The number of hydrogen-bond acceptors (Lipinski definition) is 2. The molecule has 4 heteroatoms. The topological polar surface area (TPSA) is 46.3 Å². The maximum absolute atomic E-state index is 12.0. The molecule has 2 rings (SSSR count). The smallest absolute Gasteiger partial charge is 0.239 e. The first-order valence-electron chi connectivity index (χ1n) is 7.22. The van der Waals surface area contributed by atoms with Gasteiger partial charge in [-0.1, -0.05) is 43.7 Å². The van der Waals surface area contributed by atoms with Gasteiger partial charge < -0.3 is 10.6 Å². The second-order valence-electron chi connectivity index (χ2n) is 5.55. The first-order chi connectivity index (χ1) is 9.13. The lowest BCUT2D eigenvalue weighted by Crippen LogP contribution is -2.48. The van der Waals surface area contributed by atoms with Crippen LogP contribution >= 0.6 is 12.4 Å². The molecular weight excluding hydrogens is 272 g/mol. The number of carbonyl (C=O) groups excluding carboxylic acids is 1. The number of carbonyl (C=O) groups is 1. The summed E-state index contributed by atoms with van der Waals surface area (Å²) in [6.07, 6.45) is 2.14. The Bertz CT molecular complexity index is 422. The van der Waals surface area contributed by atoms with E-state index in [2.05, 4.69) is 37.3 Å². The summed E-state index contributed by atoms with van der Waals surface area (Å²) >= 11 is 0. The third kappa shape index (κ3) is 3.74. The molecule has 0 aromatic heterocycles. The van der Waals surface area contributed by atoms with Gasteiger partial charge in [-0.3, -0.25) is 4.79 Å². The molecule has 112 valence electrons. The van der Waals surface area contributed by atoms with Crippen LogP contribution < -0.4 is 5.73 Å². The van der Waals surface area contributed by atoms with Crippen LogP contribution in [0.15, 0.2) is 30.3 Å². The number of halogens is 1. The molecule has 1 aromatic carbocycles. The molecule has 1 aliphatic heterocycles. The van der Waals surface area contributed by atoms with E-state index in [1.807, 2.05) is 4.90 Å². The van der Waals surface area contributed by atoms with Crippen LogP contribution in [0.5, 0.6) is 0 Å². The summed E-state index contributed by atoms with van der Waals surface area (Å²) in [5, 5.41) is 0. The van der Waals surface area contributed by atoms with Gasteiger partial charge in [0.05, 0.1) is 6.04 Å². The third-order valence-electron chi connectivity index (χ3n) is 4.19. The number of hydrogen-bond donors (Lipinski definition) is 1. The molecule has 1 aliphatic rings. The van der Waals surface area contributed by atoms with E-state index in [9.17, 15) is 4.79 Å². The number of benzene rings is 1. The predicted molar refractivity (Wildman–Crippen MR) is 85.1 cm³/mol. The molecule has 1 aromatic rings. The minimum Gasteiger partial charge on any atom is -0.341 e. The minimum atomic E-state index is -0.384. The molecular formula is C16H25ClN2O. The van der Waals surface area contributed by atoms with Crippen molar-refractivity contribution in [3.63, 3.8) is 0 Å². The van der Waals surface area contributed by atoms with Crippen molar-refractivity contribution in [3.8, 4) is 0 Å². The zero-order valence-corrected chi connectivity index (χ0v) is 13.1. The molecule has 3 nitrogen and oxygen atoms in total. The summed E-state index contributed by atoms with van der Waals surface area (Å²) in [7, 11) is 0. The lowest BCUT2D eigenvalue weighted by atomic mass is 9.79. The fourth-order valence-corrected chi connectivity index (χ4v) is 3.07. The Hall–Kier alpha value is -1.06. The van der Waals surface area contributed by atoms with Gasteiger partial charge >= 0.3 is 0 Å². The quantitative estimate of drug-likeness (QED) is 0.932. The highest BCUT2D eigenvalue weighted by Crippen LogP contribution is 2.34. The molecule has 20 heavy (non-hydrogen) atoms. The minimum absolute atomic E-state index is 0. The standard InChI is InChI=1S/C16H24N2O.ClH/c1-3-13-11-18(16(19)12(2)17)10-9-15(13)14-7-5-4-6-8-14;/h4-8,12-13,15H,3,9-11,17H2,1-2H3;1H/t12-,13?,15?;/m1./s1. The van der Waals surface area contributed by atoms with Gasteiger partial charge in [0.25, 0.3) is 0 Å². The molecule has 2 N–H and O–H groups in total. The van der Waals surface area contributed by atoms with Gasteiger partial charge in [-0.25, -0.2) is 0 Å². The SMILES string of the molecule is CCC1CN(C(=O)[C@@H](C)N)CCC1c1ccccc1.Cl. The Labute approximate surface area is 127 Å². The molecule has 0 bridgehead atoms. The summed E-state index contributed by atoms with van der Waals surface area (Å²) in [6, 6.07) is 10.3. The van der Waals surface area contributed by atoms with Crippen LogP contribution in [0, 0.1) is 5.92 Å². The van der Waals surface area contributed by atoms with Crippen molar-refractivity contribution in [1.29, 1.82) is 0 Å². The summed E-state index contributed by atoms with van der Waals surface area (Å²) in [6.45, 7) is 5.65. The van der Waals surface area contributed by atoms with E-state index in [1.165, 1.54) is 5.56 Å². The normalized spacial score (nSPS) is 23.9. The summed E-state index contributed by atoms with van der Waals surface area (Å²) < 4.78 is 0. The van der Waals surface area contributed by atoms with Gasteiger partial charge in [0.2, 0.25) is 5.91 Å². The first kappa shape index (κ1) is 17.0. The molecule has 0 saturated carbocycles. The number of amides is 1. The van der Waals surface area contributed by atoms with E-state index in [0.29, 0.717) is 11.8 Å². The van der Waals surface area contributed by atoms with Gasteiger partial charge in [-0.15, -0.1) is 12.4 Å². The lowest BCUT2D eigenvalue weighted by Gasteiger charge is -2.39. The maximum Gasteiger partial charge on any atom is 0.239 e. The van der Waals surface area contributed by atoms with Gasteiger partial charge in [0, 0.05) is 13.1 Å². The largest absolute Gasteiger partial charge is 0.341 e. The number of piperidine rings is 1. The number of nitrogens with two attached hydrogens (primary N) is 1. The summed E-state index contributed by atoms with van der Waals surface area (Å²) in [4.78, 5) is 13.9. The molecule has 0 radical (unpaired) electrons. The van der Waals surface area contributed by atoms with Crippen molar-refractivity contribution in [2.24, 2.45) is 11.7 Å². The van der Waals surface area contributed by atoms with Crippen LogP contribution in [-0.2, 0) is 4.79 Å². The van der Waals surface area contributed by atoms with Crippen molar-refractivity contribution < 1.29 is 4.79 Å². The molecule has 3 atom stereocenters. The zero-order chi connectivity index (χ0) is 13.8. The van der Waals surface area contributed by atoms with E-state index in [-0.39, 0.29) is 24.4 Å². The second kappa shape index (κ2) is 7.65. The van der Waals surface area contributed by atoms with Crippen LogP contribution in [0.25, 0.3) is 0 Å². The van der Waals surface area contributed by atoms with E-state index in [1.54, 1.807) is 6.92 Å². The molecule has 1 amide bonds. The van der Waals surface area contributed by atoms with Gasteiger partial charge in [0.1, 0.15) is 0 Å². The van der Waals surface area contributed by atoms with E-state index < -0.39 is 0 Å². The number of rotatable bonds is 3. The van der Waals surface area contributed by atoms with Crippen LogP contribution in [0.4, 0.5) is 0 Å². The average molecular weight is 297 g/mol. The Morgan fingerprint density at radius 3 is 2.60 bits per heavy atom. The van der Waals surface area contributed by atoms with Gasteiger partial charge in [0.15, 0.2) is 0 Å². The highest BCUT2D eigenvalue weighted by atomic mass is 35.5. The predicted octanol–water partition coefficient (Wildman–Crippen LogP) is 2.80. The molecule has 1 fully saturated rings. The molecule has 0 aliphatic carbocycles. The van der Waals surface area contributed by atoms with Crippen LogP contribution in [-0.4, -0.2) is 29.9 Å². The molecule has 0 spiro atoms. The number of likely N-dealkylation sites (tertiary alicyclic amines) is 1. The fraction of sp³-hybridized carbons (Fsp3) is 0.562. The first-order valence-corrected chi connectivity index (χ1v) is 7.22. The highest BCUT2D eigenvalue weighted by Gasteiger charge is 2.31. The van der Waals surface area contributed by atoms with Crippen molar-refractivity contribution in [2.45, 2.75) is 38.6 Å². The van der Waals surface area contributed by atoms with Gasteiger partial charge in [-0.05, 0) is 30.7 Å². The lowest BCUT2D eigenvalue weighted by molar-refractivity contribution is -0.134. The fourth-order valence-electron chi connectivity index (χ4n) is 3.07. The Kier molecular flexibility index (Phi) is 6.50. The Morgan fingerprint density at radius 1 is 1.40 bits per heavy atom. The third-order valence-corrected chi connectivity index (χ3v) is 4.19.